The number of carbonyl (C=O) groups excluding carboxylic acids is 2. The van der Waals surface area contributed by atoms with Crippen LogP contribution in [-0.4, -0.2) is 92.3 Å². The van der Waals surface area contributed by atoms with Crippen LogP contribution in [0.25, 0.3) is 0 Å². The molecule has 0 radical (unpaired) electrons. The number of hydrogen-bond donors (Lipinski definition) is 3. The third kappa shape index (κ3) is 5.57. The van der Waals surface area contributed by atoms with Crippen LogP contribution in [0, 0.1) is 0 Å². The Kier molecular flexibility index (Phi) is 7.01. The highest BCUT2D eigenvalue weighted by molar-refractivity contribution is 6.01. The number of rotatable bonds is 7. The van der Waals surface area contributed by atoms with Crippen molar-refractivity contribution in [2.24, 2.45) is 4.99 Å². The number of nitrogens with zero attached hydrogens (tertiary/aromatic N) is 3. The number of morpholine rings is 1. The van der Waals surface area contributed by atoms with E-state index in [4.69, 9.17) is 4.74 Å². The van der Waals surface area contributed by atoms with E-state index in [2.05, 4.69) is 39.7 Å². The van der Waals surface area contributed by atoms with E-state index >= 15 is 0 Å². The number of aliphatic imine (C=N–C) groups is 1. The van der Waals surface area contributed by atoms with Gasteiger partial charge < -0.3 is 20.7 Å². The van der Waals surface area contributed by atoms with E-state index in [1.165, 1.54) is 4.90 Å². The molecule has 9 nitrogen and oxygen atoms in total. The first-order chi connectivity index (χ1) is 11.9. The number of guanidine groups is 1. The second-order valence-electron chi connectivity index (χ2n) is 6.74. The molecular formula is C16H30N6O3. The maximum absolute atomic E-state index is 11.6. The molecule has 3 amide bonds. The van der Waals surface area contributed by atoms with Crippen molar-refractivity contribution in [2.75, 3.05) is 59.0 Å². The van der Waals surface area contributed by atoms with E-state index in [0.717, 1.165) is 32.8 Å². The monoisotopic (exact) mass is 354 g/mol. The van der Waals surface area contributed by atoms with Crippen LogP contribution >= 0.6 is 0 Å². The Morgan fingerprint density at radius 3 is 2.60 bits per heavy atom. The minimum atomic E-state index is -0.331. The van der Waals surface area contributed by atoms with Gasteiger partial charge in [-0.2, -0.15) is 0 Å². The Hall–Kier alpha value is -1.87. The van der Waals surface area contributed by atoms with Gasteiger partial charge >= 0.3 is 6.03 Å². The lowest BCUT2D eigenvalue weighted by Gasteiger charge is -2.39. The first-order valence-electron chi connectivity index (χ1n) is 8.87. The second kappa shape index (κ2) is 9.00. The van der Waals surface area contributed by atoms with Gasteiger partial charge in [-0.15, -0.1) is 0 Å². The fourth-order valence-corrected chi connectivity index (χ4v) is 2.85. The van der Waals surface area contributed by atoms with Crippen molar-refractivity contribution < 1.29 is 14.3 Å². The summed E-state index contributed by atoms with van der Waals surface area (Å²) in [7, 11) is 0. The summed E-state index contributed by atoms with van der Waals surface area (Å²) in [6, 6.07) is -0.331. The minimum Gasteiger partial charge on any atom is -0.379 e. The smallest absolute Gasteiger partial charge is 0.324 e. The van der Waals surface area contributed by atoms with Crippen molar-refractivity contribution >= 4 is 17.9 Å². The molecule has 0 atom stereocenters. The van der Waals surface area contributed by atoms with Crippen molar-refractivity contribution in [2.45, 2.75) is 26.3 Å². The summed E-state index contributed by atoms with van der Waals surface area (Å²) in [5.41, 5.74) is -0.0586. The van der Waals surface area contributed by atoms with E-state index in [1.54, 1.807) is 0 Å². The van der Waals surface area contributed by atoms with Gasteiger partial charge in [-0.1, -0.05) is 0 Å². The van der Waals surface area contributed by atoms with Gasteiger partial charge in [0.15, 0.2) is 5.96 Å². The maximum Gasteiger partial charge on any atom is 0.324 e. The molecule has 0 aliphatic carbocycles. The standard InChI is InChI=1S/C16H30N6O3/c1-4-17-14(18-5-6-22-13(23)11-19-15(22)24)20-12-16(2,3)21-7-9-25-10-8-21/h4-12H2,1-3H3,(H,19,24)(H2,17,18,20). The molecule has 0 spiro atoms. The Bertz CT molecular complexity index is 486. The van der Waals surface area contributed by atoms with Crippen molar-refractivity contribution in [1.82, 2.24) is 25.8 Å². The zero-order chi connectivity index (χ0) is 18.3. The molecule has 2 saturated heterocycles. The molecular weight excluding hydrogens is 324 g/mol. The van der Waals surface area contributed by atoms with E-state index < -0.39 is 0 Å². The van der Waals surface area contributed by atoms with Gasteiger partial charge in [0.1, 0.15) is 0 Å². The SMILES string of the molecule is CCNC(=NCC(C)(C)N1CCOCC1)NCCN1C(=O)CNC1=O. The summed E-state index contributed by atoms with van der Waals surface area (Å²) in [5, 5.41) is 8.90. The minimum absolute atomic E-state index is 0.0586. The number of urea groups is 1. The van der Waals surface area contributed by atoms with Crippen LogP contribution in [0.3, 0.4) is 0 Å². The highest BCUT2D eigenvalue weighted by Gasteiger charge is 2.29. The fourth-order valence-electron chi connectivity index (χ4n) is 2.85. The first-order valence-corrected chi connectivity index (χ1v) is 8.87. The van der Waals surface area contributed by atoms with E-state index in [-0.39, 0.29) is 24.0 Å². The molecule has 142 valence electrons. The highest BCUT2D eigenvalue weighted by atomic mass is 16.5. The van der Waals surface area contributed by atoms with Crippen LogP contribution in [0.15, 0.2) is 4.99 Å². The number of hydrogen-bond acceptors (Lipinski definition) is 5. The van der Waals surface area contributed by atoms with Crippen LogP contribution in [0.2, 0.25) is 0 Å². The molecule has 0 aromatic carbocycles. The quantitative estimate of drug-likeness (QED) is 0.315. The molecule has 2 rings (SSSR count). The van der Waals surface area contributed by atoms with Crippen LogP contribution in [0.4, 0.5) is 4.79 Å². The van der Waals surface area contributed by atoms with E-state index in [0.29, 0.717) is 25.6 Å². The molecule has 25 heavy (non-hydrogen) atoms. The first kappa shape index (κ1) is 19.5. The van der Waals surface area contributed by atoms with Gasteiger partial charge in [0, 0.05) is 38.3 Å². The summed E-state index contributed by atoms with van der Waals surface area (Å²) in [4.78, 5) is 31.4. The summed E-state index contributed by atoms with van der Waals surface area (Å²) in [6.07, 6.45) is 0. The Morgan fingerprint density at radius 1 is 1.28 bits per heavy atom. The molecule has 9 heteroatoms. The van der Waals surface area contributed by atoms with Gasteiger partial charge in [-0.3, -0.25) is 19.6 Å². The van der Waals surface area contributed by atoms with Crippen LogP contribution in [0.5, 0.6) is 0 Å². The predicted octanol–water partition coefficient (Wildman–Crippen LogP) is -0.796. The van der Waals surface area contributed by atoms with Gasteiger partial charge in [0.05, 0.1) is 26.3 Å². The van der Waals surface area contributed by atoms with E-state index in [1.807, 2.05) is 6.92 Å². The molecule has 3 N–H and O–H groups in total. The molecule has 0 saturated carbocycles. The third-order valence-electron chi connectivity index (χ3n) is 4.40. The normalized spacial score (nSPS) is 20.0. The summed E-state index contributed by atoms with van der Waals surface area (Å²) < 4.78 is 5.41. The molecule has 2 fully saturated rings. The van der Waals surface area contributed by atoms with Crippen LogP contribution in [-0.2, 0) is 9.53 Å². The number of amides is 3. The van der Waals surface area contributed by atoms with E-state index in [9.17, 15) is 9.59 Å². The fraction of sp³-hybridized carbons (Fsp3) is 0.812. The average Bonchev–Trinajstić information content (AvgIpc) is 2.92. The zero-order valence-electron chi connectivity index (χ0n) is 15.4. The summed E-state index contributed by atoms with van der Waals surface area (Å²) in [6.45, 7) is 12.0. The Balaban J connectivity index is 1.84. The van der Waals surface area contributed by atoms with Gasteiger partial charge in [-0.25, -0.2) is 4.79 Å². The topological polar surface area (TPSA) is 98.3 Å². The number of imide groups is 1. The summed E-state index contributed by atoms with van der Waals surface area (Å²) in [5.74, 6) is 0.498. The second-order valence-corrected chi connectivity index (χ2v) is 6.74. The number of ether oxygens (including phenoxy) is 1. The number of nitrogens with one attached hydrogen (secondary N) is 3. The van der Waals surface area contributed by atoms with Gasteiger partial charge in [0.2, 0.25) is 5.91 Å². The van der Waals surface area contributed by atoms with Crippen LogP contribution in [0.1, 0.15) is 20.8 Å². The van der Waals surface area contributed by atoms with Gasteiger partial charge in [-0.05, 0) is 20.8 Å². The highest BCUT2D eigenvalue weighted by Crippen LogP contribution is 2.16. The lowest BCUT2D eigenvalue weighted by Crippen LogP contribution is -2.52. The van der Waals surface area contributed by atoms with Crippen molar-refractivity contribution in [3.63, 3.8) is 0 Å². The van der Waals surface area contributed by atoms with Crippen molar-refractivity contribution in [3.8, 4) is 0 Å². The maximum atomic E-state index is 11.6. The predicted molar refractivity (Wildman–Crippen MR) is 95.6 cm³/mol. The molecule has 2 aliphatic rings. The third-order valence-corrected chi connectivity index (χ3v) is 4.40. The number of carbonyl (C=O) groups is 2. The summed E-state index contributed by atoms with van der Waals surface area (Å²) >= 11 is 0. The molecule has 0 aromatic rings. The molecule has 2 aliphatic heterocycles. The molecule has 0 bridgehead atoms. The Morgan fingerprint density at radius 2 is 2.00 bits per heavy atom. The van der Waals surface area contributed by atoms with Crippen LogP contribution < -0.4 is 16.0 Å². The lowest BCUT2D eigenvalue weighted by atomic mass is 10.0. The lowest BCUT2D eigenvalue weighted by molar-refractivity contribution is -0.124. The van der Waals surface area contributed by atoms with Gasteiger partial charge in [0.25, 0.3) is 0 Å². The largest absolute Gasteiger partial charge is 0.379 e. The Labute approximate surface area is 149 Å². The average molecular weight is 354 g/mol. The van der Waals surface area contributed by atoms with Crippen molar-refractivity contribution in [1.29, 1.82) is 0 Å². The van der Waals surface area contributed by atoms with Crippen molar-refractivity contribution in [3.05, 3.63) is 0 Å². The molecule has 2 heterocycles. The molecule has 0 unspecified atom stereocenters. The molecule has 0 aromatic heterocycles. The zero-order valence-corrected chi connectivity index (χ0v) is 15.4.